The monoisotopic (exact) mass is 432 g/mol. The highest BCUT2D eigenvalue weighted by molar-refractivity contribution is 5.81. The molecule has 0 spiro atoms. The van der Waals surface area contributed by atoms with E-state index in [9.17, 15) is 0 Å². The molecule has 1 aliphatic carbocycles. The molecular formula is C28H40N4. The number of hydrogen-bond donors (Lipinski definition) is 0. The number of benzene rings is 2. The average molecular weight is 433 g/mol. The van der Waals surface area contributed by atoms with Crippen LogP contribution in [0.1, 0.15) is 64.5 Å². The van der Waals surface area contributed by atoms with E-state index in [0.29, 0.717) is 0 Å². The van der Waals surface area contributed by atoms with Gasteiger partial charge in [-0.1, -0.05) is 37.1 Å². The quantitative estimate of drug-likeness (QED) is 0.417. The largest absolute Gasteiger partial charge is 0.372 e. The maximum Gasteiger partial charge on any atom is 0.0723 e. The smallest absolute Gasteiger partial charge is 0.0723 e. The fraction of sp³-hybridized carbons (Fsp3) is 0.500. The number of hydrogen-bond acceptors (Lipinski definition) is 4. The molecule has 1 aliphatic rings. The first-order valence-corrected chi connectivity index (χ1v) is 12.4. The van der Waals surface area contributed by atoms with E-state index in [1.807, 2.05) is 12.4 Å². The third-order valence-corrected chi connectivity index (χ3v) is 6.57. The van der Waals surface area contributed by atoms with E-state index < -0.39 is 0 Å². The fourth-order valence-corrected chi connectivity index (χ4v) is 4.52. The topological polar surface area (TPSA) is 31.2 Å². The molecule has 0 amide bonds. The standard InChI is InChI=1S/C28H40N4/c1-5-31(6-2)25-17-13-23(14-18-25)21-29-27-11-9-10-12-28(27)30-22-24-15-19-26(20-16-24)32(7-3)8-4/h13-22,27-28H,5-12H2,1-4H3. The first-order valence-electron chi connectivity index (χ1n) is 12.4. The molecule has 0 radical (unpaired) electrons. The second-order valence-electron chi connectivity index (χ2n) is 8.50. The van der Waals surface area contributed by atoms with Crippen molar-refractivity contribution >= 4 is 23.8 Å². The normalized spacial score (nSPS) is 19.0. The van der Waals surface area contributed by atoms with Crippen LogP contribution in [-0.2, 0) is 0 Å². The summed E-state index contributed by atoms with van der Waals surface area (Å²) >= 11 is 0. The number of anilines is 2. The van der Waals surface area contributed by atoms with Gasteiger partial charge in [-0.15, -0.1) is 0 Å². The fourth-order valence-electron chi connectivity index (χ4n) is 4.52. The Bertz CT molecular complexity index is 773. The van der Waals surface area contributed by atoms with Gasteiger partial charge in [-0.3, -0.25) is 9.98 Å². The molecule has 0 heterocycles. The molecule has 2 unspecified atom stereocenters. The van der Waals surface area contributed by atoms with Crippen LogP contribution in [0.5, 0.6) is 0 Å². The minimum Gasteiger partial charge on any atom is -0.372 e. The Balaban J connectivity index is 1.64. The summed E-state index contributed by atoms with van der Waals surface area (Å²) in [4.78, 5) is 14.6. The van der Waals surface area contributed by atoms with E-state index in [-0.39, 0.29) is 12.1 Å². The number of nitrogens with zero attached hydrogens (tertiary/aromatic N) is 4. The van der Waals surface area contributed by atoms with Crippen molar-refractivity contribution in [2.24, 2.45) is 9.98 Å². The van der Waals surface area contributed by atoms with Crippen LogP contribution in [0.2, 0.25) is 0 Å². The van der Waals surface area contributed by atoms with Gasteiger partial charge in [-0.2, -0.15) is 0 Å². The summed E-state index contributed by atoms with van der Waals surface area (Å²) in [5, 5.41) is 0. The molecule has 4 heteroatoms. The van der Waals surface area contributed by atoms with Crippen LogP contribution in [0, 0.1) is 0 Å². The molecule has 1 fully saturated rings. The Hall–Kier alpha value is -2.62. The predicted octanol–water partition coefficient (Wildman–Crippen LogP) is 6.23. The van der Waals surface area contributed by atoms with E-state index in [2.05, 4.69) is 86.0 Å². The molecule has 2 aromatic carbocycles. The van der Waals surface area contributed by atoms with E-state index in [4.69, 9.17) is 9.98 Å². The Morgan fingerprint density at radius 3 is 1.28 bits per heavy atom. The van der Waals surface area contributed by atoms with Gasteiger partial charge in [0.05, 0.1) is 12.1 Å². The summed E-state index contributed by atoms with van der Waals surface area (Å²) in [6.07, 6.45) is 8.82. The molecule has 32 heavy (non-hydrogen) atoms. The summed E-state index contributed by atoms with van der Waals surface area (Å²) < 4.78 is 0. The van der Waals surface area contributed by atoms with Gasteiger partial charge in [0, 0.05) is 50.0 Å². The minimum absolute atomic E-state index is 0.275. The van der Waals surface area contributed by atoms with Gasteiger partial charge in [0.1, 0.15) is 0 Å². The predicted molar refractivity (Wildman–Crippen MR) is 141 cm³/mol. The average Bonchev–Trinajstić information content (AvgIpc) is 2.85. The summed E-state index contributed by atoms with van der Waals surface area (Å²) in [5.74, 6) is 0. The molecular weight excluding hydrogens is 392 g/mol. The van der Waals surface area contributed by atoms with Crippen LogP contribution in [0.25, 0.3) is 0 Å². The Labute approximate surface area is 195 Å². The lowest BCUT2D eigenvalue weighted by Crippen LogP contribution is -2.27. The zero-order valence-corrected chi connectivity index (χ0v) is 20.4. The molecule has 2 atom stereocenters. The molecule has 0 aromatic heterocycles. The lowest BCUT2D eigenvalue weighted by molar-refractivity contribution is 0.390. The molecule has 3 rings (SSSR count). The summed E-state index contributed by atoms with van der Waals surface area (Å²) in [5.41, 5.74) is 4.89. The van der Waals surface area contributed by atoms with Crippen molar-refractivity contribution in [3.63, 3.8) is 0 Å². The van der Waals surface area contributed by atoms with Crippen LogP contribution < -0.4 is 9.80 Å². The second kappa shape index (κ2) is 12.4. The minimum atomic E-state index is 0.275. The lowest BCUT2D eigenvalue weighted by atomic mass is 9.91. The molecule has 1 saturated carbocycles. The van der Waals surface area contributed by atoms with E-state index in [1.54, 1.807) is 0 Å². The first kappa shape index (κ1) is 24.0. The third-order valence-electron chi connectivity index (χ3n) is 6.57. The lowest BCUT2D eigenvalue weighted by Gasteiger charge is -2.25. The van der Waals surface area contributed by atoms with Gasteiger partial charge >= 0.3 is 0 Å². The highest BCUT2D eigenvalue weighted by Gasteiger charge is 2.23. The number of aliphatic imine (C=N–C) groups is 2. The van der Waals surface area contributed by atoms with Gasteiger partial charge in [0.25, 0.3) is 0 Å². The first-order chi connectivity index (χ1) is 15.7. The molecule has 0 N–H and O–H groups in total. The van der Waals surface area contributed by atoms with Crippen molar-refractivity contribution in [3.8, 4) is 0 Å². The van der Waals surface area contributed by atoms with Crippen LogP contribution in [-0.4, -0.2) is 50.7 Å². The summed E-state index contributed by atoms with van der Waals surface area (Å²) in [7, 11) is 0. The molecule has 0 saturated heterocycles. The van der Waals surface area contributed by atoms with E-state index in [0.717, 1.165) is 39.0 Å². The zero-order valence-electron chi connectivity index (χ0n) is 20.4. The van der Waals surface area contributed by atoms with Crippen LogP contribution in [0.15, 0.2) is 58.5 Å². The van der Waals surface area contributed by atoms with Crippen LogP contribution in [0.4, 0.5) is 11.4 Å². The molecule has 0 aliphatic heterocycles. The highest BCUT2D eigenvalue weighted by Crippen LogP contribution is 2.24. The molecule has 2 aromatic rings. The van der Waals surface area contributed by atoms with Crippen LogP contribution >= 0.6 is 0 Å². The van der Waals surface area contributed by atoms with Crippen molar-refractivity contribution in [3.05, 3.63) is 59.7 Å². The maximum atomic E-state index is 4.96. The van der Waals surface area contributed by atoms with Gasteiger partial charge in [0.2, 0.25) is 0 Å². The summed E-state index contributed by atoms with van der Waals surface area (Å²) in [6.45, 7) is 12.9. The van der Waals surface area contributed by atoms with Crippen molar-refractivity contribution < 1.29 is 0 Å². The van der Waals surface area contributed by atoms with Crippen molar-refractivity contribution in [2.75, 3.05) is 36.0 Å². The van der Waals surface area contributed by atoms with Crippen LogP contribution in [0.3, 0.4) is 0 Å². The van der Waals surface area contributed by atoms with Gasteiger partial charge in [-0.05, 0) is 75.9 Å². The Morgan fingerprint density at radius 2 is 0.969 bits per heavy atom. The SMILES string of the molecule is CCN(CC)c1ccc(C=NC2CCCCC2N=Cc2ccc(N(CC)CC)cc2)cc1. The van der Waals surface area contributed by atoms with Crippen molar-refractivity contribution in [1.29, 1.82) is 0 Å². The molecule has 0 bridgehead atoms. The van der Waals surface area contributed by atoms with Gasteiger partial charge in [0.15, 0.2) is 0 Å². The number of rotatable bonds is 10. The Kier molecular flexibility index (Phi) is 9.33. The maximum absolute atomic E-state index is 4.96. The van der Waals surface area contributed by atoms with Gasteiger partial charge in [-0.25, -0.2) is 0 Å². The molecule has 172 valence electrons. The highest BCUT2D eigenvalue weighted by atomic mass is 15.1. The van der Waals surface area contributed by atoms with E-state index in [1.165, 1.54) is 35.3 Å². The summed E-state index contributed by atoms with van der Waals surface area (Å²) in [6, 6.07) is 18.1. The Morgan fingerprint density at radius 1 is 0.625 bits per heavy atom. The van der Waals surface area contributed by atoms with Gasteiger partial charge < -0.3 is 9.80 Å². The second-order valence-corrected chi connectivity index (χ2v) is 8.50. The van der Waals surface area contributed by atoms with Crippen molar-refractivity contribution in [1.82, 2.24) is 0 Å². The van der Waals surface area contributed by atoms with Crippen molar-refractivity contribution in [2.45, 2.75) is 65.5 Å². The molecule has 4 nitrogen and oxygen atoms in total. The van der Waals surface area contributed by atoms with E-state index >= 15 is 0 Å². The third kappa shape index (κ3) is 6.44. The zero-order chi connectivity index (χ0) is 22.8.